The van der Waals surface area contributed by atoms with Crippen LogP contribution in [-0.2, 0) is 6.73 Å². The molecular weight excluding hydrogens is 328 g/mol. The number of nitrogens with zero attached hydrogens (tertiary/aromatic N) is 3. The van der Waals surface area contributed by atoms with Crippen LogP contribution in [0.1, 0.15) is 16.1 Å². The SMILES string of the molecule is Cc1ccnc(NC(=O)c2ccn(COc3cccc(Cl)c3)n2)c1. The number of anilines is 1. The van der Waals surface area contributed by atoms with Gasteiger partial charge in [-0.05, 0) is 48.9 Å². The number of ether oxygens (including phenoxy) is 1. The first-order chi connectivity index (χ1) is 11.6. The molecule has 0 radical (unpaired) electrons. The van der Waals surface area contributed by atoms with Crippen molar-refractivity contribution in [1.29, 1.82) is 0 Å². The summed E-state index contributed by atoms with van der Waals surface area (Å²) in [5.41, 5.74) is 1.30. The van der Waals surface area contributed by atoms with Crippen molar-refractivity contribution >= 4 is 23.3 Å². The van der Waals surface area contributed by atoms with Crippen molar-refractivity contribution in [2.45, 2.75) is 13.7 Å². The molecule has 0 spiro atoms. The van der Waals surface area contributed by atoms with Crippen molar-refractivity contribution in [3.05, 3.63) is 71.1 Å². The number of amides is 1. The van der Waals surface area contributed by atoms with Gasteiger partial charge in [-0.25, -0.2) is 9.67 Å². The van der Waals surface area contributed by atoms with Crippen LogP contribution >= 0.6 is 11.6 Å². The number of halogens is 1. The van der Waals surface area contributed by atoms with Gasteiger partial charge in [0, 0.05) is 17.4 Å². The fraction of sp³-hybridized carbons (Fsp3) is 0.118. The van der Waals surface area contributed by atoms with E-state index < -0.39 is 0 Å². The highest BCUT2D eigenvalue weighted by Crippen LogP contribution is 2.17. The zero-order chi connectivity index (χ0) is 16.9. The Kier molecular flexibility index (Phi) is 4.77. The largest absolute Gasteiger partial charge is 0.471 e. The van der Waals surface area contributed by atoms with Crippen LogP contribution in [0.25, 0.3) is 0 Å². The van der Waals surface area contributed by atoms with Gasteiger partial charge in [0.2, 0.25) is 0 Å². The Morgan fingerprint density at radius 1 is 1.29 bits per heavy atom. The van der Waals surface area contributed by atoms with E-state index in [1.54, 1.807) is 48.8 Å². The van der Waals surface area contributed by atoms with E-state index in [0.717, 1.165) is 5.56 Å². The molecule has 1 amide bonds. The van der Waals surface area contributed by atoms with Crippen molar-refractivity contribution in [1.82, 2.24) is 14.8 Å². The van der Waals surface area contributed by atoms with Crippen molar-refractivity contribution in [2.24, 2.45) is 0 Å². The van der Waals surface area contributed by atoms with E-state index in [2.05, 4.69) is 15.4 Å². The number of pyridine rings is 1. The second kappa shape index (κ2) is 7.14. The van der Waals surface area contributed by atoms with Gasteiger partial charge in [-0.1, -0.05) is 17.7 Å². The second-order valence-corrected chi connectivity index (χ2v) is 5.58. The first kappa shape index (κ1) is 16.0. The smallest absolute Gasteiger partial charge is 0.277 e. The average Bonchev–Trinajstić information content (AvgIpc) is 3.02. The number of aromatic nitrogens is 3. The molecule has 0 aliphatic rings. The van der Waals surface area contributed by atoms with Gasteiger partial charge in [0.15, 0.2) is 12.4 Å². The summed E-state index contributed by atoms with van der Waals surface area (Å²) in [5.74, 6) is 0.798. The highest BCUT2D eigenvalue weighted by molar-refractivity contribution is 6.30. The lowest BCUT2D eigenvalue weighted by molar-refractivity contribution is 0.102. The first-order valence-corrected chi connectivity index (χ1v) is 7.64. The second-order valence-electron chi connectivity index (χ2n) is 5.14. The third kappa shape index (κ3) is 4.11. The van der Waals surface area contributed by atoms with E-state index in [4.69, 9.17) is 16.3 Å². The van der Waals surface area contributed by atoms with Gasteiger partial charge in [-0.15, -0.1) is 0 Å². The third-order valence-corrected chi connectivity index (χ3v) is 3.43. The number of rotatable bonds is 5. The van der Waals surface area contributed by atoms with Gasteiger partial charge in [-0.2, -0.15) is 5.10 Å². The maximum absolute atomic E-state index is 12.2. The summed E-state index contributed by atoms with van der Waals surface area (Å²) in [6.45, 7) is 2.11. The van der Waals surface area contributed by atoms with Crippen LogP contribution in [0.3, 0.4) is 0 Å². The van der Waals surface area contributed by atoms with E-state index in [1.807, 2.05) is 13.0 Å². The summed E-state index contributed by atoms with van der Waals surface area (Å²) < 4.78 is 7.10. The number of nitrogens with one attached hydrogen (secondary N) is 1. The van der Waals surface area contributed by atoms with Crippen LogP contribution in [0.2, 0.25) is 5.02 Å². The van der Waals surface area contributed by atoms with Gasteiger partial charge in [-0.3, -0.25) is 4.79 Å². The average molecular weight is 343 g/mol. The van der Waals surface area contributed by atoms with Crippen LogP contribution in [0.15, 0.2) is 54.9 Å². The standard InChI is InChI=1S/C17H15ClN4O2/c1-12-5-7-19-16(9-12)20-17(23)15-6-8-22(21-15)11-24-14-4-2-3-13(18)10-14/h2-10H,11H2,1H3,(H,19,20,23). The molecule has 3 aromatic rings. The van der Waals surface area contributed by atoms with Crippen molar-refractivity contribution in [3.8, 4) is 5.75 Å². The van der Waals surface area contributed by atoms with Crippen LogP contribution in [0, 0.1) is 6.92 Å². The highest BCUT2D eigenvalue weighted by Gasteiger charge is 2.10. The monoisotopic (exact) mass is 342 g/mol. The van der Waals surface area contributed by atoms with E-state index in [-0.39, 0.29) is 18.3 Å². The lowest BCUT2D eigenvalue weighted by Crippen LogP contribution is -2.15. The minimum absolute atomic E-state index is 0.177. The van der Waals surface area contributed by atoms with Gasteiger partial charge >= 0.3 is 0 Å². The Labute approximate surface area is 144 Å². The molecule has 122 valence electrons. The summed E-state index contributed by atoms with van der Waals surface area (Å²) in [4.78, 5) is 16.3. The van der Waals surface area contributed by atoms with E-state index >= 15 is 0 Å². The number of carbonyl (C=O) groups excluding carboxylic acids is 1. The van der Waals surface area contributed by atoms with Gasteiger partial charge < -0.3 is 10.1 Å². The van der Waals surface area contributed by atoms with Crippen LogP contribution in [0.5, 0.6) is 5.75 Å². The maximum atomic E-state index is 12.2. The molecule has 6 nitrogen and oxygen atoms in total. The molecule has 0 bridgehead atoms. The van der Waals surface area contributed by atoms with Crippen molar-refractivity contribution in [3.63, 3.8) is 0 Å². The number of carbonyl (C=O) groups is 1. The molecule has 0 aliphatic heterocycles. The van der Waals surface area contributed by atoms with E-state index in [0.29, 0.717) is 16.6 Å². The molecule has 0 aliphatic carbocycles. The van der Waals surface area contributed by atoms with Crippen molar-refractivity contribution < 1.29 is 9.53 Å². The zero-order valence-electron chi connectivity index (χ0n) is 12.9. The number of hydrogen-bond donors (Lipinski definition) is 1. The molecule has 1 aromatic carbocycles. The summed E-state index contributed by atoms with van der Waals surface area (Å²) in [6, 6.07) is 12.3. The quantitative estimate of drug-likeness (QED) is 0.770. The highest BCUT2D eigenvalue weighted by atomic mass is 35.5. The molecule has 0 atom stereocenters. The van der Waals surface area contributed by atoms with Crippen LogP contribution in [0.4, 0.5) is 5.82 Å². The summed E-state index contributed by atoms with van der Waals surface area (Å²) in [5, 5.41) is 7.49. The number of benzene rings is 1. The summed E-state index contributed by atoms with van der Waals surface area (Å²) >= 11 is 5.90. The minimum atomic E-state index is -0.324. The van der Waals surface area contributed by atoms with Gasteiger partial charge in [0.1, 0.15) is 11.6 Å². The maximum Gasteiger partial charge on any atom is 0.277 e. The lowest BCUT2D eigenvalue weighted by atomic mass is 10.3. The summed E-state index contributed by atoms with van der Waals surface area (Å²) in [7, 11) is 0. The van der Waals surface area contributed by atoms with E-state index in [1.165, 1.54) is 4.68 Å². The Morgan fingerprint density at radius 3 is 2.96 bits per heavy atom. The molecule has 0 unspecified atom stereocenters. The predicted molar refractivity (Wildman–Crippen MR) is 91.2 cm³/mol. The Hall–Kier alpha value is -2.86. The summed E-state index contributed by atoms with van der Waals surface area (Å²) in [6.07, 6.45) is 3.31. The fourth-order valence-electron chi connectivity index (χ4n) is 2.04. The lowest BCUT2D eigenvalue weighted by Gasteiger charge is -2.06. The van der Waals surface area contributed by atoms with E-state index in [9.17, 15) is 4.79 Å². The van der Waals surface area contributed by atoms with Crippen LogP contribution in [-0.4, -0.2) is 20.7 Å². The molecule has 0 saturated heterocycles. The molecular formula is C17H15ClN4O2. The molecule has 0 fully saturated rings. The molecule has 2 heterocycles. The molecule has 1 N–H and O–H groups in total. The Morgan fingerprint density at radius 2 is 2.17 bits per heavy atom. The molecule has 2 aromatic heterocycles. The predicted octanol–water partition coefficient (Wildman–Crippen LogP) is 3.53. The molecule has 7 heteroatoms. The zero-order valence-corrected chi connectivity index (χ0v) is 13.7. The molecule has 24 heavy (non-hydrogen) atoms. The fourth-order valence-corrected chi connectivity index (χ4v) is 2.22. The Balaban J connectivity index is 1.61. The normalized spacial score (nSPS) is 10.4. The number of aryl methyl sites for hydroxylation is 1. The van der Waals surface area contributed by atoms with Crippen molar-refractivity contribution in [2.75, 3.05) is 5.32 Å². The van der Waals surface area contributed by atoms with Gasteiger partial charge in [0.05, 0.1) is 0 Å². The third-order valence-electron chi connectivity index (χ3n) is 3.19. The molecule has 0 saturated carbocycles. The molecule has 3 rings (SSSR count). The Bertz CT molecular complexity index is 863. The van der Waals surface area contributed by atoms with Crippen LogP contribution < -0.4 is 10.1 Å². The topological polar surface area (TPSA) is 69.0 Å². The first-order valence-electron chi connectivity index (χ1n) is 7.26. The minimum Gasteiger partial charge on any atom is -0.471 e. The van der Waals surface area contributed by atoms with Gasteiger partial charge in [0.25, 0.3) is 5.91 Å². The number of hydrogen-bond acceptors (Lipinski definition) is 4.